The zero-order valence-electron chi connectivity index (χ0n) is 22.7. The summed E-state index contributed by atoms with van der Waals surface area (Å²) in [4.78, 5) is 41.9. The van der Waals surface area contributed by atoms with E-state index < -0.39 is 40.4 Å². The van der Waals surface area contributed by atoms with Crippen LogP contribution in [0.15, 0.2) is 88.6 Å². The van der Waals surface area contributed by atoms with Crippen molar-refractivity contribution in [3.05, 3.63) is 138 Å². The largest absolute Gasteiger partial charge is 0.363 e. The molecule has 0 radical (unpaired) electrons. The Morgan fingerprint density at radius 2 is 1.55 bits per heavy atom. The highest BCUT2D eigenvalue weighted by Gasteiger charge is 2.24. The van der Waals surface area contributed by atoms with E-state index in [4.69, 9.17) is 5.73 Å². The van der Waals surface area contributed by atoms with Crippen LogP contribution in [0.2, 0.25) is 0 Å². The predicted octanol–water partition coefficient (Wildman–Crippen LogP) is 3.27. The van der Waals surface area contributed by atoms with Crippen LogP contribution < -0.4 is 21.9 Å². The fourth-order valence-electron chi connectivity index (χ4n) is 5.16. The van der Waals surface area contributed by atoms with Crippen LogP contribution in [0.5, 0.6) is 0 Å². The van der Waals surface area contributed by atoms with Gasteiger partial charge in [-0.1, -0.05) is 48.5 Å². The minimum Gasteiger partial charge on any atom is -0.363 e. The van der Waals surface area contributed by atoms with Crippen LogP contribution in [-0.4, -0.2) is 45.1 Å². The smallest absolute Gasteiger partial charge is 0.331 e. The van der Waals surface area contributed by atoms with Crippen molar-refractivity contribution in [3.8, 4) is 0 Å². The summed E-state index contributed by atoms with van der Waals surface area (Å²) in [6.07, 6.45) is 1.36. The van der Waals surface area contributed by atoms with Gasteiger partial charge in [-0.3, -0.25) is 28.9 Å². The Morgan fingerprint density at radius 1 is 0.881 bits per heavy atom. The minimum atomic E-state index is -0.794. The summed E-state index contributed by atoms with van der Waals surface area (Å²) >= 11 is 0. The van der Waals surface area contributed by atoms with Gasteiger partial charge < -0.3 is 10.6 Å². The Hall–Kier alpha value is -4.68. The molecule has 1 aliphatic rings. The van der Waals surface area contributed by atoms with Gasteiger partial charge in [0, 0.05) is 62.7 Å². The third-order valence-electron chi connectivity index (χ3n) is 7.46. The number of rotatable bonds is 9. The number of halogens is 2. The first kappa shape index (κ1) is 28.8. The lowest BCUT2D eigenvalue weighted by Gasteiger charge is -2.36. The summed E-state index contributed by atoms with van der Waals surface area (Å²) in [5, 5.41) is 11.1. The molecule has 12 heteroatoms. The average Bonchev–Trinajstić information content (AvgIpc) is 2.99. The highest BCUT2D eigenvalue weighted by atomic mass is 19.1. The van der Waals surface area contributed by atoms with E-state index in [9.17, 15) is 28.5 Å². The van der Waals surface area contributed by atoms with Crippen molar-refractivity contribution in [1.82, 2.24) is 14.0 Å². The lowest BCUT2D eigenvalue weighted by molar-refractivity contribution is -0.384. The van der Waals surface area contributed by atoms with Gasteiger partial charge in [0.05, 0.1) is 18.0 Å². The monoisotopic (exact) mass is 576 g/mol. The van der Waals surface area contributed by atoms with Gasteiger partial charge in [0.2, 0.25) is 0 Å². The second-order valence-corrected chi connectivity index (χ2v) is 10.2. The van der Waals surface area contributed by atoms with Crippen LogP contribution in [0.4, 0.5) is 20.2 Å². The Kier molecular flexibility index (Phi) is 8.55. The summed E-state index contributed by atoms with van der Waals surface area (Å²) in [5.74, 6) is -1.59. The number of hydrogen-bond donors (Lipinski definition) is 1. The molecular formula is C30H30F2N6O4. The molecule has 1 aromatic heterocycles. The lowest BCUT2D eigenvalue weighted by Crippen LogP contribution is -2.50. The number of hydrogen-bond acceptors (Lipinski definition) is 7. The van der Waals surface area contributed by atoms with Crippen LogP contribution in [-0.2, 0) is 19.6 Å². The number of nitro benzene ring substituents is 1. The van der Waals surface area contributed by atoms with E-state index in [1.807, 2.05) is 17.0 Å². The molecule has 0 bridgehead atoms. The van der Waals surface area contributed by atoms with E-state index in [1.165, 1.54) is 18.3 Å². The number of piperazine rings is 1. The summed E-state index contributed by atoms with van der Waals surface area (Å²) in [7, 11) is 0. The van der Waals surface area contributed by atoms with Crippen molar-refractivity contribution in [2.45, 2.75) is 25.7 Å². The maximum atomic E-state index is 14.5. The first-order valence-electron chi connectivity index (χ1n) is 13.5. The minimum absolute atomic E-state index is 0.0222. The molecule has 3 aromatic carbocycles. The van der Waals surface area contributed by atoms with Crippen molar-refractivity contribution in [2.75, 3.05) is 31.1 Å². The van der Waals surface area contributed by atoms with Crippen molar-refractivity contribution < 1.29 is 13.7 Å². The molecule has 42 heavy (non-hydrogen) atoms. The summed E-state index contributed by atoms with van der Waals surface area (Å²) in [6, 6.07) is 18.3. The van der Waals surface area contributed by atoms with Gasteiger partial charge in [0.1, 0.15) is 17.3 Å². The molecule has 5 rings (SSSR count). The molecule has 0 saturated carbocycles. The first-order chi connectivity index (χ1) is 20.2. The molecule has 218 valence electrons. The molecule has 1 aliphatic heterocycles. The molecule has 1 unspecified atom stereocenters. The second-order valence-electron chi connectivity index (χ2n) is 10.2. The molecule has 1 atom stereocenters. The molecule has 0 amide bonds. The maximum Gasteiger partial charge on any atom is 0.331 e. The van der Waals surface area contributed by atoms with Gasteiger partial charge in [-0.25, -0.2) is 13.6 Å². The number of nitro groups is 1. The fourth-order valence-corrected chi connectivity index (χ4v) is 5.16. The van der Waals surface area contributed by atoms with Crippen molar-refractivity contribution in [1.29, 1.82) is 0 Å². The Labute approximate surface area is 240 Å². The van der Waals surface area contributed by atoms with E-state index in [0.29, 0.717) is 32.7 Å². The highest BCUT2D eigenvalue weighted by Crippen LogP contribution is 2.19. The van der Waals surface area contributed by atoms with E-state index in [0.717, 1.165) is 32.4 Å². The molecular weight excluding hydrogens is 546 g/mol. The summed E-state index contributed by atoms with van der Waals surface area (Å²) in [6.45, 7) is 1.93. The zero-order chi connectivity index (χ0) is 29.8. The van der Waals surface area contributed by atoms with Crippen molar-refractivity contribution in [3.63, 3.8) is 0 Å². The number of nitrogens with zero attached hydrogens (tertiary/aromatic N) is 5. The van der Waals surface area contributed by atoms with Crippen LogP contribution in [0.25, 0.3) is 0 Å². The SMILES string of the molecule is NC(Cn1c(=O)c(N2CCN(Cc3cccc([N+](=O)[O-])c3)CC2)cn(Cc2c(F)cccc2F)c1=O)c1ccccc1. The first-order valence-corrected chi connectivity index (χ1v) is 13.5. The highest BCUT2D eigenvalue weighted by molar-refractivity contribution is 5.43. The van der Waals surface area contributed by atoms with Crippen LogP contribution in [0, 0.1) is 21.7 Å². The van der Waals surface area contributed by atoms with Gasteiger partial charge in [0.25, 0.3) is 11.2 Å². The molecule has 0 aliphatic carbocycles. The predicted molar refractivity (Wildman–Crippen MR) is 154 cm³/mol. The van der Waals surface area contributed by atoms with E-state index >= 15 is 0 Å². The molecule has 0 spiro atoms. The number of anilines is 1. The standard InChI is InChI=1S/C30H30F2N6O4/c31-25-10-5-11-26(32)24(25)18-36-20-28(29(39)37(30(36)40)19-27(33)22-7-2-1-3-8-22)35-14-12-34(13-15-35)17-21-6-4-9-23(16-21)38(41)42/h1-11,16,20,27H,12-15,17-19,33H2. The Bertz CT molecular complexity index is 1680. The van der Waals surface area contributed by atoms with E-state index in [1.54, 1.807) is 36.4 Å². The molecule has 2 N–H and O–H groups in total. The van der Waals surface area contributed by atoms with Crippen LogP contribution >= 0.6 is 0 Å². The van der Waals surface area contributed by atoms with Crippen molar-refractivity contribution >= 4 is 11.4 Å². The number of non-ortho nitro benzene ring substituents is 1. The maximum absolute atomic E-state index is 14.5. The summed E-state index contributed by atoms with van der Waals surface area (Å²) < 4.78 is 31.2. The van der Waals surface area contributed by atoms with Gasteiger partial charge in [-0.15, -0.1) is 0 Å². The van der Waals surface area contributed by atoms with Crippen molar-refractivity contribution in [2.24, 2.45) is 5.73 Å². The number of nitrogens with two attached hydrogens (primary N) is 1. The quantitative estimate of drug-likeness (QED) is 0.240. The zero-order valence-corrected chi connectivity index (χ0v) is 22.7. The topological polar surface area (TPSA) is 120 Å². The molecule has 1 fully saturated rings. The molecule has 4 aromatic rings. The Balaban J connectivity index is 1.43. The van der Waals surface area contributed by atoms with Crippen LogP contribution in [0.3, 0.4) is 0 Å². The fraction of sp³-hybridized carbons (Fsp3) is 0.267. The third-order valence-corrected chi connectivity index (χ3v) is 7.46. The molecule has 1 saturated heterocycles. The lowest BCUT2D eigenvalue weighted by atomic mass is 10.1. The van der Waals surface area contributed by atoms with Gasteiger partial charge >= 0.3 is 5.69 Å². The normalized spacial score (nSPS) is 14.6. The van der Waals surface area contributed by atoms with Crippen LogP contribution in [0.1, 0.15) is 22.7 Å². The van der Waals surface area contributed by atoms with Gasteiger partial charge in [0.15, 0.2) is 0 Å². The summed E-state index contributed by atoms with van der Waals surface area (Å²) in [5.41, 5.74) is 6.61. The molecule has 2 heterocycles. The van der Waals surface area contributed by atoms with Gasteiger partial charge in [-0.05, 0) is 23.3 Å². The molecule has 10 nitrogen and oxygen atoms in total. The van der Waals surface area contributed by atoms with Gasteiger partial charge in [-0.2, -0.15) is 0 Å². The Morgan fingerprint density at radius 3 is 2.21 bits per heavy atom. The average molecular weight is 577 g/mol. The second kappa shape index (κ2) is 12.5. The van der Waals surface area contributed by atoms with E-state index in [-0.39, 0.29) is 23.5 Å². The number of benzene rings is 3. The number of aromatic nitrogens is 2. The third kappa shape index (κ3) is 6.29. The van der Waals surface area contributed by atoms with E-state index in [2.05, 4.69) is 4.90 Å².